The molecule has 0 fully saturated rings. The zero-order chi connectivity index (χ0) is 26.0. The van der Waals surface area contributed by atoms with Gasteiger partial charge >= 0.3 is 12.1 Å². The second kappa shape index (κ2) is 10.0. The topological polar surface area (TPSA) is 92.6 Å². The molecule has 2 aromatic heterocycles. The van der Waals surface area contributed by atoms with Crippen LogP contribution < -0.4 is 9.64 Å². The van der Waals surface area contributed by atoms with Crippen LogP contribution in [0.4, 0.5) is 18.9 Å². The molecule has 2 heterocycles. The minimum Gasteiger partial charge on any atom is -0.478 e. The van der Waals surface area contributed by atoms with Crippen molar-refractivity contribution in [1.29, 1.82) is 0 Å². The van der Waals surface area contributed by atoms with Crippen molar-refractivity contribution in [2.45, 2.75) is 26.9 Å². The zero-order valence-corrected chi connectivity index (χ0v) is 20.5. The van der Waals surface area contributed by atoms with Crippen molar-refractivity contribution >= 4 is 33.5 Å². The molecule has 11 heteroatoms. The van der Waals surface area contributed by atoms with Crippen LogP contribution in [0.25, 0.3) is 0 Å². The van der Waals surface area contributed by atoms with E-state index < -0.39 is 34.9 Å². The molecule has 1 aromatic carbocycles. The van der Waals surface area contributed by atoms with Gasteiger partial charge in [0.1, 0.15) is 17.0 Å². The fourth-order valence-electron chi connectivity index (χ4n) is 3.17. The normalized spacial score (nSPS) is 11.7. The number of carboxylic acid groups (broad SMARTS) is 1. The molecule has 0 radical (unpaired) electrons. The molecule has 0 saturated carbocycles. The number of pyridine rings is 2. The Kier molecular flexibility index (Phi) is 7.49. The smallest absolute Gasteiger partial charge is 0.421 e. The van der Waals surface area contributed by atoms with Gasteiger partial charge in [0.2, 0.25) is 5.88 Å². The van der Waals surface area contributed by atoms with Crippen molar-refractivity contribution in [1.82, 2.24) is 9.97 Å². The van der Waals surface area contributed by atoms with Crippen molar-refractivity contribution in [2.24, 2.45) is 5.41 Å². The standard InChI is InChI=1S/C24H21BrF3N3O4/c1-23(2,3)13-31(21(32)18-8-6-14(25)12-30-18)19-9-7-15(11-16(19)22(33)34)35-20-17(24(26,27)28)5-4-10-29-20/h4-12H,13H2,1-3H3,(H,33,34). The van der Waals surface area contributed by atoms with Gasteiger partial charge in [-0.05, 0) is 63.8 Å². The SMILES string of the molecule is CC(C)(C)CN(C(=O)c1ccc(Br)cn1)c1ccc(Oc2ncccc2C(F)(F)F)cc1C(=O)O. The molecule has 1 N–H and O–H groups in total. The number of anilines is 1. The molecular weight excluding hydrogens is 531 g/mol. The van der Waals surface area contributed by atoms with Gasteiger partial charge in [-0.3, -0.25) is 4.79 Å². The van der Waals surface area contributed by atoms with Crippen molar-refractivity contribution in [2.75, 3.05) is 11.4 Å². The molecule has 3 rings (SSSR count). The molecule has 0 aliphatic heterocycles. The number of aromatic nitrogens is 2. The van der Waals surface area contributed by atoms with Crippen molar-refractivity contribution in [3.05, 3.63) is 76.2 Å². The number of hydrogen-bond acceptors (Lipinski definition) is 5. The lowest BCUT2D eigenvalue weighted by molar-refractivity contribution is -0.138. The lowest BCUT2D eigenvalue weighted by Gasteiger charge is -2.31. The number of rotatable bonds is 6. The number of hydrogen-bond donors (Lipinski definition) is 1. The van der Waals surface area contributed by atoms with E-state index in [1.807, 2.05) is 20.8 Å². The van der Waals surface area contributed by atoms with Crippen LogP contribution in [-0.4, -0.2) is 33.5 Å². The Hall–Kier alpha value is -3.47. The second-order valence-corrected chi connectivity index (χ2v) is 9.67. The lowest BCUT2D eigenvalue weighted by Crippen LogP contribution is -2.39. The van der Waals surface area contributed by atoms with Gasteiger partial charge in [0.25, 0.3) is 5.91 Å². The Labute approximate surface area is 207 Å². The first-order chi connectivity index (χ1) is 16.3. The number of halogens is 4. The molecule has 0 bridgehead atoms. The van der Waals surface area contributed by atoms with Gasteiger partial charge in [0.05, 0.1) is 11.3 Å². The monoisotopic (exact) mass is 551 g/mol. The van der Waals surface area contributed by atoms with Crippen LogP contribution >= 0.6 is 15.9 Å². The number of alkyl halides is 3. The number of carbonyl (C=O) groups is 2. The van der Waals surface area contributed by atoms with Crippen LogP contribution in [0.15, 0.2) is 59.3 Å². The molecular formula is C24H21BrF3N3O4. The molecule has 0 aliphatic rings. The first-order valence-corrected chi connectivity index (χ1v) is 11.1. The number of carbonyl (C=O) groups excluding carboxylic acids is 1. The van der Waals surface area contributed by atoms with Crippen molar-refractivity contribution in [3.8, 4) is 11.6 Å². The summed E-state index contributed by atoms with van der Waals surface area (Å²) in [4.78, 5) is 34.5. The van der Waals surface area contributed by atoms with Crippen LogP contribution in [0.2, 0.25) is 0 Å². The summed E-state index contributed by atoms with van der Waals surface area (Å²) in [7, 11) is 0. The molecule has 0 saturated heterocycles. The summed E-state index contributed by atoms with van der Waals surface area (Å²) in [6.45, 7) is 5.77. The Morgan fingerprint density at radius 3 is 2.37 bits per heavy atom. The van der Waals surface area contributed by atoms with Crippen LogP contribution in [0.1, 0.15) is 47.2 Å². The summed E-state index contributed by atoms with van der Waals surface area (Å²) in [5.41, 5.74) is -1.72. The maximum atomic E-state index is 13.3. The molecule has 3 aromatic rings. The maximum absolute atomic E-state index is 13.3. The van der Waals surface area contributed by atoms with E-state index in [0.29, 0.717) is 4.47 Å². The third-order valence-corrected chi connectivity index (χ3v) is 5.07. The largest absolute Gasteiger partial charge is 0.478 e. The highest BCUT2D eigenvalue weighted by Gasteiger charge is 2.35. The van der Waals surface area contributed by atoms with Gasteiger partial charge in [-0.2, -0.15) is 13.2 Å². The molecule has 35 heavy (non-hydrogen) atoms. The average Bonchev–Trinajstić information content (AvgIpc) is 2.76. The van der Waals surface area contributed by atoms with Crippen LogP contribution in [0.3, 0.4) is 0 Å². The highest BCUT2D eigenvalue weighted by molar-refractivity contribution is 9.10. The van der Waals surface area contributed by atoms with Gasteiger partial charge < -0.3 is 14.7 Å². The Balaban J connectivity index is 2.06. The average molecular weight is 552 g/mol. The molecule has 1 amide bonds. The Bertz CT molecular complexity index is 1240. The Morgan fingerprint density at radius 2 is 1.80 bits per heavy atom. The molecule has 7 nitrogen and oxygen atoms in total. The minimum absolute atomic E-state index is 0.0477. The van der Waals surface area contributed by atoms with E-state index in [9.17, 15) is 27.9 Å². The highest BCUT2D eigenvalue weighted by Crippen LogP contribution is 2.37. The molecule has 0 atom stereocenters. The predicted octanol–water partition coefficient (Wildman–Crippen LogP) is 6.44. The number of aromatic carboxylic acids is 1. The minimum atomic E-state index is -4.72. The third kappa shape index (κ3) is 6.56. The lowest BCUT2D eigenvalue weighted by atomic mass is 9.95. The summed E-state index contributed by atoms with van der Waals surface area (Å²) in [5, 5.41) is 9.87. The van der Waals surface area contributed by atoms with E-state index >= 15 is 0 Å². The first kappa shape index (κ1) is 26.1. The zero-order valence-electron chi connectivity index (χ0n) is 18.9. The highest BCUT2D eigenvalue weighted by atomic mass is 79.9. The summed E-state index contributed by atoms with van der Waals surface area (Å²) >= 11 is 3.25. The summed E-state index contributed by atoms with van der Waals surface area (Å²) < 4.78 is 45.9. The number of ether oxygens (including phenoxy) is 1. The summed E-state index contributed by atoms with van der Waals surface area (Å²) in [5.74, 6) is -2.82. The van der Waals surface area contributed by atoms with Gasteiger partial charge in [-0.25, -0.2) is 14.8 Å². The number of benzene rings is 1. The fourth-order valence-corrected chi connectivity index (χ4v) is 3.40. The summed E-state index contributed by atoms with van der Waals surface area (Å²) in [6.07, 6.45) is -2.14. The van der Waals surface area contributed by atoms with Crippen LogP contribution in [0, 0.1) is 5.41 Å². The van der Waals surface area contributed by atoms with E-state index in [1.54, 1.807) is 6.07 Å². The van der Waals surface area contributed by atoms with E-state index in [2.05, 4.69) is 25.9 Å². The first-order valence-electron chi connectivity index (χ1n) is 10.3. The van der Waals surface area contributed by atoms with E-state index in [-0.39, 0.29) is 29.2 Å². The number of amides is 1. The van der Waals surface area contributed by atoms with E-state index in [4.69, 9.17) is 4.74 Å². The molecule has 184 valence electrons. The van der Waals surface area contributed by atoms with Gasteiger partial charge in [-0.15, -0.1) is 0 Å². The molecule has 0 spiro atoms. The molecule has 0 unspecified atom stereocenters. The van der Waals surface area contributed by atoms with Crippen molar-refractivity contribution < 1.29 is 32.6 Å². The number of nitrogens with zero attached hydrogens (tertiary/aromatic N) is 3. The maximum Gasteiger partial charge on any atom is 0.421 e. The number of carboxylic acids is 1. The van der Waals surface area contributed by atoms with Gasteiger partial charge in [0, 0.05) is 23.4 Å². The fraction of sp³-hybridized carbons (Fsp3) is 0.250. The Morgan fingerprint density at radius 1 is 1.09 bits per heavy atom. The van der Waals surface area contributed by atoms with Gasteiger partial charge in [0.15, 0.2) is 0 Å². The molecule has 0 aliphatic carbocycles. The van der Waals surface area contributed by atoms with E-state index in [0.717, 1.165) is 24.4 Å². The summed E-state index contributed by atoms with van der Waals surface area (Å²) in [6, 6.07) is 8.73. The van der Waals surface area contributed by atoms with Crippen LogP contribution in [0.5, 0.6) is 11.6 Å². The second-order valence-electron chi connectivity index (χ2n) is 8.75. The third-order valence-electron chi connectivity index (χ3n) is 4.60. The van der Waals surface area contributed by atoms with Crippen LogP contribution in [-0.2, 0) is 6.18 Å². The van der Waals surface area contributed by atoms with E-state index in [1.165, 1.54) is 29.3 Å². The predicted molar refractivity (Wildman–Crippen MR) is 126 cm³/mol. The van der Waals surface area contributed by atoms with Crippen molar-refractivity contribution in [3.63, 3.8) is 0 Å². The quantitative estimate of drug-likeness (QED) is 0.379. The van der Waals surface area contributed by atoms with Gasteiger partial charge in [-0.1, -0.05) is 20.8 Å².